The van der Waals surface area contributed by atoms with Gasteiger partial charge in [-0.15, -0.1) is 0 Å². The van der Waals surface area contributed by atoms with E-state index in [2.05, 4.69) is 10.8 Å². The van der Waals surface area contributed by atoms with Crippen LogP contribution < -0.4 is 4.72 Å². The van der Waals surface area contributed by atoms with E-state index in [0.29, 0.717) is 17.9 Å². The van der Waals surface area contributed by atoms with Crippen molar-refractivity contribution in [2.75, 3.05) is 0 Å². The van der Waals surface area contributed by atoms with Gasteiger partial charge in [0.05, 0.1) is 0 Å². The number of hydrogen-bond donors (Lipinski definition) is 2. The summed E-state index contributed by atoms with van der Waals surface area (Å²) in [7, 11) is -3.55. The average molecular weight is 381 g/mol. The summed E-state index contributed by atoms with van der Waals surface area (Å²) in [6.07, 6.45) is 9.40. The van der Waals surface area contributed by atoms with Gasteiger partial charge < -0.3 is 5.11 Å². The van der Waals surface area contributed by atoms with E-state index in [1.807, 2.05) is 6.08 Å². The number of allylic oxidation sites excluding steroid dienone is 2. The van der Waals surface area contributed by atoms with Crippen molar-refractivity contribution in [1.82, 2.24) is 4.72 Å². The zero-order valence-electron chi connectivity index (χ0n) is 14.5. The molecule has 1 aliphatic carbocycles. The Labute approximate surface area is 153 Å². The Morgan fingerprint density at radius 1 is 1.27 bits per heavy atom. The van der Waals surface area contributed by atoms with Crippen molar-refractivity contribution in [3.8, 4) is 0 Å². The first-order valence-corrected chi connectivity index (χ1v) is 10.2. The van der Waals surface area contributed by atoms with Crippen LogP contribution in [-0.4, -0.2) is 25.5 Å². The predicted octanol–water partition coefficient (Wildman–Crippen LogP) is 3.70. The molecule has 1 aromatic rings. The highest BCUT2D eigenvalue weighted by Gasteiger charge is 2.25. The number of rotatable bonds is 9. The summed E-state index contributed by atoms with van der Waals surface area (Å²) in [5, 5.41) is 9.69. The topological polar surface area (TPSA) is 83.5 Å². The number of benzene rings is 1. The Balaban J connectivity index is 1.78. The maximum Gasteiger partial charge on any atom is 0.303 e. The van der Waals surface area contributed by atoms with Crippen molar-refractivity contribution in [3.63, 3.8) is 0 Å². The van der Waals surface area contributed by atoms with Gasteiger partial charge in [-0.25, -0.2) is 17.5 Å². The monoisotopic (exact) mass is 381 g/mol. The molecule has 1 aliphatic rings. The van der Waals surface area contributed by atoms with Crippen molar-refractivity contribution >= 4 is 22.1 Å². The molecule has 2 N–H and O–H groups in total. The molecule has 0 saturated heterocycles. The van der Waals surface area contributed by atoms with E-state index in [4.69, 9.17) is 5.11 Å². The summed E-state index contributed by atoms with van der Waals surface area (Å²) in [6, 6.07) is 5.49. The minimum Gasteiger partial charge on any atom is -0.481 e. The molecule has 0 amide bonds. The first kappa shape index (κ1) is 20.3. The van der Waals surface area contributed by atoms with Crippen LogP contribution in [0.1, 0.15) is 44.1 Å². The molecule has 0 aliphatic heterocycles. The summed E-state index contributed by atoms with van der Waals surface area (Å²) >= 11 is 0. The second-order valence-corrected chi connectivity index (χ2v) is 8.10. The largest absolute Gasteiger partial charge is 0.481 e. The quantitative estimate of drug-likeness (QED) is 0.505. The van der Waals surface area contributed by atoms with Crippen molar-refractivity contribution < 1.29 is 22.7 Å². The Hall–Kier alpha value is -1.99. The second-order valence-electron chi connectivity index (χ2n) is 6.50. The van der Waals surface area contributed by atoms with Crippen LogP contribution >= 0.6 is 0 Å². The number of carbonyl (C=O) groups is 1. The van der Waals surface area contributed by atoms with Gasteiger partial charge in [-0.05, 0) is 61.8 Å². The van der Waals surface area contributed by atoms with Gasteiger partial charge in [0.25, 0.3) is 0 Å². The van der Waals surface area contributed by atoms with E-state index in [1.165, 1.54) is 30.3 Å². The van der Waals surface area contributed by atoms with Crippen molar-refractivity contribution in [2.45, 2.75) is 44.6 Å². The van der Waals surface area contributed by atoms with E-state index >= 15 is 0 Å². The third-order valence-electron chi connectivity index (χ3n) is 4.28. The third kappa shape index (κ3) is 7.49. The molecule has 26 heavy (non-hydrogen) atoms. The third-order valence-corrected chi connectivity index (χ3v) is 5.44. The molecule has 2 rings (SSSR count). The lowest BCUT2D eigenvalue weighted by Gasteiger charge is -2.10. The number of sulfonamides is 1. The summed E-state index contributed by atoms with van der Waals surface area (Å²) in [6.45, 7) is 0. The second kappa shape index (κ2) is 9.64. The molecule has 0 radical (unpaired) electrons. The van der Waals surface area contributed by atoms with E-state index < -0.39 is 16.0 Å². The fraction of sp³-hybridized carbons (Fsp3) is 0.421. The molecule has 7 heteroatoms. The van der Waals surface area contributed by atoms with Gasteiger partial charge in [0, 0.05) is 17.9 Å². The lowest BCUT2D eigenvalue weighted by atomic mass is 10.1. The molecular weight excluding hydrogens is 357 g/mol. The van der Waals surface area contributed by atoms with Crippen molar-refractivity contribution in [2.24, 2.45) is 5.92 Å². The Morgan fingerprint density at radius 2 is 2.00 bits per heavy atom. The standard InChI is InChI=1S/C19H24FNO4S/c20-17-9-6-15(7-10-17)12-13-26(24,25)21-18-11-8-16(14-18)4-2-1-3-5-19(22)23/h2,4,6-7,9-10,12-13,16,18,21H,1,3,5,8,11,14H2,(H,22,23). The summed E-state index contributed by atoms with van der Waals surface area (Å²) in [4.78, 5) is 10.4. The SMILES string of the molecule is O=C(O)CCCC=CC1CCC(NS(=O)(=O)C=Cc2ccc(F)cc2)C1. The molecular formula is C19H24FNO4S. The Kier molecular flexibility index (Phi) is 7.53. The molecule has 1 saturated carbocycles. The normalized spacial score (nSPS) is 21.0. The van der Waals surface area contributed by atoms with Crippen LogP contribution in [0.3, 0.4) is 0 Å². The zero-order valence-corrected chi connectivity index (χ0v) is 15.3. The molecule has 5 nitrogen and oxygen atoms in total. The number of halogens is 1. The smallest absolute Gasteiger partial charge is 0.303 e. The van der Waals surface area contributed by atoms with Crippen LogP contribution in [0, 0.1) is 11.7 Å². The number of hydrogen-bond acceptors (Lipinski definition) is 3. The zero-order chi connectivity index (χ0) is 19.0. The summed E-state index contributed by atoms with van der Waals surface area (Å²) in [5.41, 5.74) is 0.616. The lowest BCUT2D eigenvalue weighted by Crippen LogP contribution is -2.31. The van der Waals surface area contributed by atoms with Gasteiger partial charge in [0.2, 0.25) is 10.0 Å². The Morgan fingerprint density at radius 3 is 2.69 bits per heavy atom. The number of carboxylic acid groups (broad SMARTS) is 1. The minimum atomic E-state index is -3.55. The van der Waals surface area contributed by atoms with Gasteiger partial charge >= 0.3 is 5.97 Å². The lowest BCUT2D eigenvalue weighted by molar-refractivity contribution is -0.137. The average Bonchev–Trinajstić information content (AvgIpc) is 3.00. The highest BCUT2D eigenvalue weighted by atomic mass is 32.2. The molecule has 0 spiro atoms. The minimum absolute atomic E-state index is 0.105. The van der Waals surface area contributed by atoms with Crippen LogP contribution in [0.2, 0.25) is 0 Å². The van der Waals surface area contributed by atoms with Crippen molar-refractivity contribution in [3.05, 3.63) is 53.2 Å². The van der Waals surface area contributed by atoms with Crippen LogP contribution in [0.5, 0.6) is 0 Å². The van der Waals surface area contributed by atoms with Gasteiger partial charge in [-0.3, -0.25) is 4.79 Å². The van der Waals surface area contributed by atoms with Gasteiger partial charge in [0.1, 0.15) is 5.82 Å². The molecule has 0 aromatic heterocycles. The predicted molar refractivity (Wildman–Crippen MR) is 99.2 cm³/mol. The number of carboxylic acids is 1. The molecule has 1 aromatic carbocycles. The molecule has 2 unspecified atom stereocenters. The maximum absolute atomic E-state index is 12.8. The molecule has 1 fully saturated rings. The summed E-state index contributed by atoms with van der Waals surface area (Å²) < 4.78 is 39.8. The molecule has 0 bridgehead atoms. The van der Waals surface area contributed by atoms with Crippen LogP contribution in [0.15, 0.2) is 41.8 Å². The van der Waals surface area contributed by atoms with Crippen LogP contribution in [0.4, 0.5) is 4.39 Å². The van der Waals surface area contributed by atoms with Crippen molar-refractivity contribution in [1.29, 1.82) is 0 Å². The van der Waals surface area contributed by atoms with Gasteiger partial charge in [-0.1, -0.05) is 24.3 Å². The fourth-order valence-electron chi connectivity index (χ4n) is 2.97. The number of aliphatic carboxylic acids is 1. The fourth-order valence-corrected chi connectivity index (χ4v) is 4.07. The number of nitrogens with one attached hydrogen (secondary N) is 1. The maximum atomic E-state index is 12.8. The van der Waals surface area contributed by atoms with E-state index in [1.54, 1.807) is 0 Å². The molecule has 2 atom stereocenters. The summed E-state index contributed by atoms with van der Waals surface area (Å²) in [5.74, 6) is -0.841. The van der Waals surface area contributed by atoms with Gasteiger partial charge in [0.15, 0.2) is 0 Å². The first-order valence-electron chi connectivity index (χ1n) is 8.68. The molecule has 142 valence electrons. The highest BCUT2D eigenvalue weighted by Crippen LogP contribution is 2.27. The Bertz CT molecular complexity index is 756. The van der Waals surface area contributed by atoms with E-state index in [-0.39, 0.29) is 18.3 Å². The van der Waals surface area contributed by atoms with E-state index in [0.717, 1.165) is 31.1 Å². The highest BCUT2D eigenvalue weighted by molar-refractivity contribution is 7.92. The van der Waals surface area contributed by atoms with E-state index in [9.17, 15) is 17.6 Å². The van der Waals surface area contributed by atoms with Crippen LogP contribution in [0.25, 0.3) is 6.08 Å². The van der Waals surface area contributed by atoms with Gasteiger partial charge in [-0.2, -0.15) is 0 Å². The number of unbranched alkanes of at least 4 members (excludes halogenated alkanes) is 1. The van der Waals surface area contributed by atoms with Crippen LogP contribution in [-0.2, 0) is 14.8 Å². The molecule has 0 heterocycles. The first-order chi connectivity index (χ1) is 12.3.